The molecule has 2 saturated heterocycles. The number of thioether (sulfide) groups is 2. The van der Waals surface area contributed by atoms with E-state index < -0.39 is 127 Å². The van der Waals surface area contributed by atoms with E-state index in [1.54, 1.807) is 13.8 Å². The molecule has 0 radical (unpaired) electrons. The number of nitrogens with two attached hydrogens (primary N) is 1. The summed E-state index contributed by atoms with van der Waals surface area (Å²) in [6.45, 7) is 0.708. The van der Waals surface area contributed by atoms with E-state index in [9.17, 15) is 20.2 Å². The van der Waals surface area contributed by atoms with Gasteiger partial charge in [0.15, 0.2) is 21.9 Å². The molecule has 4 fully saturated rings. The number of fused-ring (bicyclic) bond motifs is 2. The minimum atomic E-state index is -3.32. The van der Waals surface area contributed by atoms with Crippen molar-refractivity contribution < 1.29 is 67.7 Å². The van der Waals surface area contributed by atoms with Crippen molar-refractivity contribution in [3.8, 4) is 0 Å². The van der Waals surface area contributed by atoms with E-state index in [0.717, 1.165) is 6.42 Å². The summed E-state index contributed by atoms with van der Waals surface area (Å²) in [4.78, 5) is 35.2. The zero-order valence-corrected chi connectivity index (χ0v) is 35.5. The van der Waals surface area contributed by atoms with Crippen LogP contribution in [0.4, 0.5) is 17.2 Å². The summed E-state index contributed by atoms with van der Waals surface area (Å²) >= 11 is 17.2. The van der Waals surface area contributed by atoms with Gasteiger partial charge >= 0.3 is 11.4 Å². The van der Waals surface area contributed by atoms with Crippen LogP contribution in [0.25, 0.3) is 0 Å². The maximum Gasteiger partial charge on any atom is 0.348 e. The fourth-order valence-corrected chi connectivity index (χ4v) is 8.14. The van der Waals surface area contributed by atoms with Crippen molar-refractivity contribution in [2.75, 3.05) is 43.2 Å². The Bertz CT molecular complexity index is 2290. The molecule has 0 unspecified atom stereocenters. The predicted octanol–water partition coefficient (Wildman–Crippen LogP) is 5.43. The molecule has 4 aliphatic rings. The third-order valence-electron chi connectivity index (χ3n) is 8.39. The second kappa shape index (κ2) is 22.4. The Morgan fingerprint density at radius 2 is 1.24 bits per heavy atom. The second-order valence-electron chi connectivity index (χ2n) is 13.4. The second-order valence-corrected chi connectivity index (χ2v) is 16.0. The maximum absolute atomic E-state index is 11.7. The number of nitrogens with zero attached hydrogens (tertiary/aromatic N) is 6. The number of aromatic nitrogens is 4. The van der Waals surface area contributed by atoms with Crippen molar-refractivity contribution in [2.24, 2.45) is 5.73 Å². The van der Waals surface area contributed by atoms with Crippen LogP contribution in [-0.4, -0.2) is 138 Å². The topological polar surface area (TPSA) is 272 Å². The molecule has 2 aromatic heterocycles. The minimum absolute atomic E-state index is 0.0131. The first-order valence-corrected chi connectivity index (χ1v) is 20.1. The summed E-state index contributed by atoms with van der Waals surface area (Å²) in [7, 11) is 0. The molecule has 0 spiro atoms. The van der Waals surface area contributed by atoms with Crippen molar-refractivity contribution in [1.29, 1.82) is 0 Å². The Labute approximate surface area is 384 Å². The van der Waals surface area contributed by atoms with Gasteiger partial charge in [-0.25, -0.2) is 15.0 Å². The molecule has 0 amide bonds. The molecule has 20 nitrogen and oxygen atoms in total. The van der Waals surface area contributed by atoms with Crippen LogP contribution in [0.3, 0.4) is 0 Å². The van der Waals surface area contributed by atoms with Gasteiger partial charge in [-0.2, -0.15) is 4.98 Å². The summed E-state index contributed by atoms with van der Waals surface area (Å²) in [6.07, 6.45) is -7.53. The van der Waals surface area contributed by atoms with Gasteiger partial charge in [0.05, 0.1) is 54.5 Å². The molecule has 2 saturated carbocycles. The van der Waals surface area contributed by atoms with Crippen molar-refractivity contribution >= 4 is 75.5 Å². The molecule has 8 atom stereocenters. The lowest BCUT2D eigenvalue weighted by Crippen LogP contribution is -2.35. The lowest BCUT2D eigenvalue weighted by atomic mass is 10.2. The van der Waals surface area contributed by atoms with Gasteiger partial charge in [0.2, 0.25) is 21.3 Å². The fourth-order valence-electron chi connectivity index (χ4n) is 6.40. The number of nitro groups is 2. The highest BCUT2D eigenvalue weighted by molar-refractivity contribution is 7.99. The van der Waals surface area contributed by atoms with Crippen LogP contribution in [0.2, 0.25) is 15.5 Å². The van der Waals surface area contributed by atoms with E-state index in [0.29, 0.717) is 6.61 Å². The van der Waals surface area contributed by atoms with E-state index in [2.05, 4.69) is 25.3 Å². The first kappa shape index (κ1) is 32.6. The Kier molecular flexibility index (Phi) is 12.4. The highest BCUT2D eigenvalue weighted by atomic mass is 35.5. The Morgan fingerprint density at radius 3 is 1.73 bits per heavy atom. The van der Waals surface area contributed by atoms with Crippen LogP contribution >= 0.6 is 58.3 Å². The van der Waals surface area contributed by atoms with Crippen molar-refractivity contribution in [3.05, 3.63) is 35.7 Å². The number of ether oxygens (including phenoxy) is 6. The molecule has 59 heavy (non-hydrogen) atoms. The normalized spacial score (nSPS) is 32.2. The first-order valence-electron chi connectivity index (χ1n) is 24.3. The number of hydrogen-bond acceptors (Lipinski definition) is 20. The molecule has 25 heteroatoms. The van der Waals surface area contributed by atoms with Gasteiger partial charge in [-0.3, -0.25) is 20.2 Å². The van der Waals surface area contributed by atoms with E-state index in [1.165, 1.54) is 0 Å². The standard InChI is InChI=1S/C17H25ClN4O6S.C10H19NO4.C7H7Cl2N3O2S/c1-4-7-29-16-20-14(18)11(22(24)25)15(21-16)19-9-8-10(26-6-5-23)13-12(9)27-17(2,3)28-13;1-10(2)14-8-6(11)5-7(9(8)15-10)13-4-3-12;1-2-3-15-7-10-5(8)4(12(13)14)6(9)11-7/h9-10,12-13,23H,4-8H2,1-3H3,(H,19,20,21);6-9,12H,3-5,11H2,1-2H3;2-3H2,1H3/t9-,10+,12+,13-;6-,7+,8+,9-;/m11./s1/i1D3,4D2,7D2;;1D3,2D2,3D2. The molecule has 0 aromatic carbocycles. The molecule has 2 aromatic rings. The van der Waals surface area contributed by atoms with Gasteiger partial charge in [0.1, 0.15) is 24.4 Å². The van der Waals surface area contributed by atoms with Gasteiger partial charge in [0, 0.05) is 36.6 Å². The molecule has 0 bridgehead atoms. The van der Waals surface area contributed by atoms with Crippen LogP contribution in [0.15, 0.2) is 10.3 Å². The van der Waals surface area contributed by atoms with Crippen molar-refractivity contribution in [1.82, 2.24) is 19.9 Å². The van der Waals surface area contributed by atoms with Gasteiger partial charge in [-0.15, -0.1) is 0 Å². The first-order chi connectivity index (χ1) is 33.1. The Balaban J connectivity index is 0.000000264. The van der Waals surface area contributed by atoms with Crippen LogP contribution in [0, 0.1) is 20.2 Å². The summed E-state index contributed by atoms with van der Waals surface area (Å²) in [5.74, 6) is -1.95. The van der Waals surface area contributed by atoms with Crippen molar-refractivity contribution in [3.63, 3.8) is 0 Å². The van der Waals surface area contributed by atoms with Gasteiger partial charge in [-0.1, -0.05) is 72.0 Å². The zero-order chi connectivity index (χ0) is 55.8. The highest BCUT2D eigenvalue weighted by Gasteiger charge is 2.55. The third kappa shape index (κ3) is 13.5. The van der Waals surface area contributed by atoms with E-state index in [1.807, 2.05) is 13.8 Å². The number of nitrogens with one attached hydrogen (secondary N) is 1. The summed E-state index contributed by atoms with van der Waals surface area (Å²) in [6, 6.07) is -0.686. The number of anilines is 1. The summed E-state index contributed by atoms with van der Waals surface area (Å²) in [5.41, 5.74) is -1.57. The van der Waals surface area contributed by atoms with E-state index in [-0.39, 0.29) is 74.1 Å². The van der Waals surface area contributed by atoms with Crippen LogP contribution < -0.4 is 11.1 Å². The average molecular weight is 948 g/mol. The molecule has 332 valence electrons. The molecule has 6 rings (SSSR count). The molecular weight excluding hydrogens is 883 g/mol. The molecular formula is C34H51Cl3N8O12S2. The molecule has 5 N–H and O–H groups in total. The lowest BCUT2D eigenvalue weighted by molar-refractivity contribution is -0.385. The lowest BCUT2D eigenvalue weighted by Gasteiger charge is -2.24. The fraction of sp³-hybridized carbons (Fsp3) is 0.765. The Hall–Kier alpha value is -2.03. The molecule has 2 aliphatic heterocycles. The monoisotopic (exact) mass is 946 g/mol. The largest absolute Gasteiger partial charge is 0.394 e. The SMILES string of the molecule is CC1(C)O[C@@H]2[C@H](O1)[C@@H](OCCO)C[C@H]2N.[2H]C([2H])([2H])C([2H])([2H])C([2H])([2H])Sc1nc(Cl)c([N+](=O)[O-])c(Cl)n1.[2H]C([2H])([2H])C([2H])([2H])C([2H])([2H])Sc1nc(Cl)c([N+](=O)[O-])c(N[C@@H]2C[C@H](OCCO)[C@H]3OC(C)(C)O[C@H]32)n1. The molecule has 2 aliphatic carbocycles. The number of aliphatic hydroxyl groups excluding tert-OH is 2. The van der Waals surface area contributed by atoms with Gasteiger partial charge < -0.3 is 49.7 Å². The zero-order valence-electron chi connectivity index (χ0n) is 45.5. The van der Waals surface area contributed by atoms with Gasteiger partial charge in [0.25, 0.3) is 0 Å². The smallest absolute Gasteiger partial charge is 0.348 e. The highest BCUT2D eigenvalue weighted by Crippen LogP contribution is 2.43. The van der Waals surface area contributed by atoms with Gasteiger partial charge in [-0.05, 0) is 53.3 Å². The van der Waals surface area contributed by atoms with Crippen molar-refractivity contribution in [2.45, 2.75) is 138 Å². The van der Waals surface area contributed by atoms with Crippen LogP contribution in [-0.2, 0) is 28.4 Å². The molecule has 4 heterocycles. The number of hydrogen-bond donors (Lipinski definition) is 4. The quantitative estimate of drug-likeness (QED) is 0.0537. The summed E-state index contributed by atoms with van der Waals surface area (Å²) < 4.78 is 139. The summed E-state index contributed by atoms with van der Waals surface area (Å²) in [5, 5.41) is 40.1. The van der Waals surface area contributed by atoms with Crippen LogP contribution in [0.1, 0.15) is 86.2 Å². The number of halogens is 3. The van der Waals surface area contributed by atoms with E-state index in [4.69, 9.17) is 98.4 Å². The van der Waals surface area contributed by atoms with Crippen LogP contribution in [0.5, 0.6) is 0 Å². The maximum atomic E-state index is 11.7. The minimum Gasteiger partial charge on any atom is -0.394 e. The third-order valence-corrected chi connectivity index (χ3v) is 10.3. The number of rotatable bonds is 16. The number of aliphatic hydroxyl groups is 2. The predicted molar refractivity (Wildman–Crippen MR) is 220 cm³/mol. The average Bonchev–Trinajstić information content (AvgIpc) is 3.90. The van der Waals surface area contributed by atoms with E-state index >= 15 is 0 Å². The Morgan fingerprint density at radius 1 is 0.797 bits per heavy atom.